The Kier molecular flexibility index (Phi) is 6.07. The number of rotatable bonds is 6. The molecule has 0 spiro atoms. The first-order valence-corrected chi connectivity index (χ1v) is 6.67. The molecule has 1 N–H and O–H groups in total. The van der Waals surface area contributed by atoms with E-state index in [-0.39, 0.29) is 0 Å². The molecule has 1 rings (SSSR count). The predicted molar refractivity (Wildman–Crippen MR) is 73.8 cm³/mol. The fourth-order valence-corrected chi connectivity index (χ4v) is 2.48. The highest BCUT2D eigenvalue weighted by Gasteiger charge is 1.96. The summed E-state index contributed by atoms with van der Waals surface area (Å²) < 4.78 is 0. The molecule has 2 heteroatoms. The first-order chi connectivity index (χ1) is 7.72. The van der Waals surface area contributed by atoms with Gasteiger partial charge >= 0.3 is 0 Å². The quantitative estimate of drug-likeness (QED) is 0.599. The van der Waals surface area contributed by atoms with E-state index < -0.39 is 0 Å². The Morgan fingerprint density at radius 3 is 2.56 bits per heavy atom. The maximum Gasteiger partial charge on any atom is 0.0574 e. The van der Waals surface area contributed by atoms with E-state index in [9.17, 15) is 0 Å². The highest BCUT2D eigenvalue weighted by molar-refractivity contribution is 7.98. The minimum atomic E-state index is 0.671. The zero-order valence-electron chi connectivity index (χ0n) is 10.0. The van der Waals surface area contributed by atoms with Crippen molar-refractivity contribution < 1.29 is 0 Å². The Labute approximate surface area is 103 Å². The molecule has 0 bridgehead atoms. The van der Waals surface area contributed by atoms with Gasteiger partial charge in [-0.3, -0.25) is 0 Å². The molecular weight excluding hydrogens is 214 g/mol. The van der Waals surface area contributed by atoms with Gasteiger partial charge in [0.05, 0.1) is 6.54 Å². The molecular formula is C14H19NS. The highest BCUT2D eigenvalue weighted by atomic mass is 32.2. The summed E-state index contributed by atoms with van der Waals surface area (Å²) in [5, 5.41) is 3.19. The second kappa shape index (κ2) is 7.38. The smallest absolute Gasteiger partial charge is 0.0574 e. The molecule has 0 amide bonds. The zero-order valence-corrected chi connectivity index (χ0v) is 10.9. The number of hydrogen-bond acceptors (Lipinski definition) is 2. The van der Waals surface area contributed by atoms with Crippen molar-refractivity contribution in [3.05, 3.63) is 34.9 Å². The molecule has 0 aliphatic carbocycles. The first-order valence-electron chi connectivity index (χ1n) is 5.51. The number of nitrogens with one attached hydrogen (secondary N) is 1. The fourth-order valence-electron chi connectivity index (χ4n) is 1.65. The lowest BCUT2D eigenvalue weighted by atomic mass is 10.1. The van der Waals surface area contributed by atoms with E-state index >= 15 is 0 Å². The van der Waals surface area contributed by atoms with Gasteiger partial charge in [-0.25, -0.2) is 0 Å². The third-order valence-corrected chi connectivity index (χ3v) is 3.23. The van der Waals surface area contributed by atoms with Gasteiger partial charge in [0, 0.05) is 18.1 Å². The predicted octanol–water partition coefficient (Wildman–Crippen LogP) is 2.76. The number of benzene rings is 1. The zero-order chi connectivity index (χ0) is 11.8. The van der Waals surface area contributed by atoms with E-state index in [1.807, 2.05) is 11.8 Å². The van der Waals surface area contributed by atoms with Crippen LogP contribution in [0.1, 0.15) is 16.7 Å². The van der Waals surface area contributed by atoms with Crippen molar-refractivity contribution in [1.29, 1.82) is 0 Å². The maximum absolute atomic E-state index is 5.15. The molecule has 1 nitrogen and oxygen atoms in total. The lowest BCUT2D eigenvalue weighted by Gasteiger charge is -2.05. The summed E-state index contributed by atoms with van der Waals surface area (Å²) in [5.41, 5.74) is 4.11. The average molecular weight is 233 g/mol. The Hall–Kier alpha value is -0.910. The van der Waals surface area contributed by atoms with Crippen LogP contribution < -0.4 is 5.32 Å². The molecule has 0 unspecified atom stereocenters. The minimum absolute atomic E-state index is 0.671. The normalized spacial score (nSPS) is 10.1. The average Bonchev–Trinajstić information content (AvgIpc) is 2.22. The van der Waals surface area contributed by atoms with Gasteiger partial charge in [-0.15, -0.1) is 6.42 Å². The molecule has 0 radical (unpaired) electrons. The summed E-state index contributed by atoms with van der Waals surface area (Å²) in [6, 6.07) is 6.73. The summed E-state index contributed by atoms with van der Waals surface area (Å²) >= 11 is 1.94. The number of hydrogen-bond donors (Lipinski definition) is 1. The molecule has 0 heterocycles. The van der Waals surface area contributed by atoms with Crippen LogP contribution in [0.5, 0.6) is 0 Å². The summed E-state index contributed by atoms with van der Waals surface area (Å²) in [6.07, 6.45) is 5.15. The van der Waals surface area contributed by atoms with E-state index in [0.29, 0.717) is 6.54 Å². The van der Waals surface area contributed by atoms with E-state index in [2.05, 4.69) is 43.3 Å². The van der Waals surface area contributed by atoms with Gasteiger partial charge < -0.3 is 5.32 Å². The van der Waals surface area contributed by atoms with E-state index in [0.717, 1.165) is 18.1 Å². The van der Waals surface area contributed by atoms with Gasteiger partial charge in [-0.05, 0) is 19.4 Å². The highest BCUT2D eigenvalue weighted by Crippen LogP contribution is 2.15. The molecule has 0 saturated heterocycles. The summed E-state index contributed by atoms with van der Waals surface area (Å²) in [7, 11) is 0. The molecule has 0 saturated carbocycles. The van der Waals surface area contributed by atoms with E-state index in [1.54, 1.807) is 0 Å². The van der Waals surface area contributed by atoms with Crippen molar-refractivity contribution >= 4 is 11.8 Å². The molecule has 86 valence electrons. The molecule has 16 heavy (non-hydrogen) atoms. The monoisotopic (exact) mass is 233 g/mol. The first kappa shape index (κ1) is 13.2. The third-order valence-electron chi connectivity index (χ3n) is 2.20. The SMILES string of the molecule is C#CCNCCSCc1cc(C)cc(C)c1. The van der Waals surface area contributed by atoms with Crippen LogP contribution >= 0.6 is 11.8 Å². The molecule has 1 aromatic rings. The van der Waals surface area contributed by atoms with E-state index in [4.69, 9.17) is 6.42 Å². The summed E-state index contributed by atoms with van der Waals surface area (Å²) in [6.45, 7) is 5.95. The summed E-state index contributed by atoms with van der Waals surface area (Å²) in [4.78, 5) is 0. The van der Waals surface area contributed by atoms with Gasteiger partial charge in [0.25, 0.3) is 0 Å². The molecule has 0 aliphatic rings. The van der Waals surface area contributed by atoms with Crippen molar-refractivity contribution in [2.45, 2.75) is 19.6 Å². The third kappa shape index (κ3) is 5.25. The van der Waals surface area contributed by atoms with Crippen LogP contribution in [0.3, 0.4) is 0 Å². The Morgan fingerprint density at radius 2 is 1.94 bits per heavy atom. The molecule has 0 atom stereocenters. The lowest BCUT2D eigenvalue weighted by Crippen LogP contribution is -2.16. The molecule has 0 aliphatic heterocycles. The van der Waals surface area contributed by atoms with Crippen LogP contribution in [0, 0.1) is 26.2 Å². The number of aryl methyl sites for hydroxylation is 2. The van der Waals surface area contributed by atoms with Crippen LogP contribution in [0.4, 0.5) is 0 Å². The molecule has 1 aromatic carbocycles. The van der Waals surface area contributed by atoms with E-state index in [1.165, 1.54) is 16.7 Å². The topological polar surface area (TPSA) is 12.0 Å². The minimum Gasteiger partial charge on any atom is -0.305 e. The van der Waals surface area contributed by atoms with Crippen molar-refractivity contribution in [3.63, 3.8) is 0 Å². The summed E-state index contributed by atoms with van der Waals surface area (Å²) in [5.74, 6) is 4.76. The Bertz CT molecular complexity index is 345. The van der Waals surface area contributed by atoms with Crippen LogP contribution in [0.15, 0.2) is 18.2 Å². The van der Waals surface area contributed by atoms with Gasteiger partial charge in [0.2, 0.25) is 0 Å². The van der Waals surface area contributed by atoms with Crippen molar-refractivity contribution in [1.82, 2.24) is 5.32 Å². The van der Waals surface area contributed by atoms with Gasteiger partial charge in [0.1, 0.15) is 0 Å². The molecule has 0 fully saturated rings. The lowest BCUT2D eigenvalue weighted by molar-refractivity contribution is 0.818. The standard InChI is InChI=1S/C14H19NS/c1-4-5-15-6-7-16-11-14-9-12(2)8-13(3)10-14/h1,8-10,15H,5-7,11H2,2-3H3. The van der Waals surface area contributed by atoms with Crippen LogP contribution in [0.25, 0.3) is 0 Å². The largest absolute Gasteiger partial charge is 0.305 e. The maximum atomic E-state index is 5.15. The van der Waals surface area contributed by atoms with Crippen molar-refractivity contribution in [2.75, 3.05) is 18.8 Å². The second-order valence-corrected chi connectivity index (χ2v) is 5.03. The fraction of sp³-hybridized carbons (Fsp3) is 0.429. The van der Waals surface area contributed by atoms with Gasteiger partial charge in [-0.1, -0.05) is 35.2 Å². The van der Waals surface area contributed by atoms with Crippen LogP contribution in [-0.4, -0.2) is 18.8 Å². The Morgan fingerprint density at radius 1 is 1.25 bits per heavy atom. The van der Waals surface area contributed by atoms with Gasteiger partial charge in [0.15, 0.2) is 0 Å². The Balaban J connectivity index is 2.24. The van der Waals surface area contributed by atoms with Crippen molar-refractivity contribution in [3.8, 4) is 12.3 Å². The van der Waals surface area contributed by atoms with Crippen LogP contribution in [-0.2, 0) is 5.75 Å². The van der Waals surface area contributed by atoms with Crippen LogP contribution in [0.2, 0.25) is 0 Å². The number of terminal acetylenes is 1. The number of thioether (sulfide) groups is 1. The second-order valence-electron chi connectivity index (χ2n) is 3.93. The molecule has 0 aromatic heterocycles. The van der Waals surface area contributed by atoms with Gasteiger partial charge in [-0.2, -0.15) is 11.8 Å². The van der Waals surface area contributed by atoms with Crippen molar-refractivity contribution in [2.24, 2.45) is 0 Å².